The standard InChI is InChI=1S/C63H49N3/c1-63(2)54-22-11-10-21-52(54)62-55(63)23-14-26-59(62)64(49-35-37-50(38-36-49)65-56-24-12-7-16-44(56)27-28-45-17-8-13-25-57(45)65)48-33-29-42(30-34-48)46-32-39-58-53(41-46)61-51-20-9-6-15-43(51)31-40-60(61)66(58)47-18-4-3-5-19-47/h3-26,29-41,44,56H,27-28H2,1-2H3. The number of hydrogen-bond donors (Lipinski definition) is 0. The van der Waals surface area contributed by atoms with E-state index in [4.69, 9.17) is 0 Å². The Morgan fingerprint density at radius 2 is 1.23 bits per heavy atom. The topological polar surface area (TPSA) is 11.4 Å². The van der Waals surface area contributed by atoms with Crippen LogP contribution in [0.4, 0.5) is 28.4 Å². The van der Waals surface area contributed by atoms with E-state index in [-0.39, 0.29) is 11.5 Å². The molecule has 0 spiro atoms. The summed E-state index contributed by atoms with van der Waals surface area (Å²) in [5.41, 5.74) is 18.6. The smallest absolute Gasteiger partial charge is 0.0588 e. The molecule has 2 heterocycles. The van der Waals surface area contributed by atoms with Crippen LogP contribution in [0.25, 0.3) is 60.5 Å². The summed E-state index contributed by atoms with van der Waals surface area (Å²) < 4.78 is 2.41. The second-order valence-electron chi connectivity index (χ2n) is 18.8. The summed E-state index contributed by atoms with van der Waals surface area (Å²) in [5.74, 6) is 0.454. The molecule has 0 saturated carbocycles. The minimum Gasteiger partial charge on any atom is -0.334 e. The van der Waals surface area contributed by atoms with Gasteiger partial charge in [0.2, 0.25) is 0 Å². The largest absolute Gasteiger partial charge is 0.334 e. The molecule has 2 aliphatic carbocycles. The predicted octanol–water partition coefficient (Wildman–Crippen LogP) is 16.6. The van der Waals surface area contributed by atoms with E-state index in [0.29, 0.717) is 5.92 Å². The first-order chi connectivity index (χ1) is 32.5. The van der Waals surface area contributed by atoms with Crippen molar-refractivity contribution >= 4 is 61.0 Å². The molecule has 0 bridgehead atoms. The fourth-order valence-electron chi connectivity index (χ4n) is 11.7. The van der Waals surface area contributed by atoms with Crippen molar-refractivity contribution in [2.24, 2.45) is 5.92 Å². The van der Waals surface area contributed by atoms with Gasteiger partial charge in [0.05, 0.1) is 22.8 Å². The molecule has 13 rings (SSSR count). The predicted molar refractivity (Wildman–Crippen MR) is 278 cm³/mol. The Balaban J connectivity index is 0.951. The minimum absolute atomic E-state index is 0.117. The van der Waals surface area contributed by atoms with Crippen LogP contribution in [0.3, 0.4) is 0 Å². The molecule has 3 aliphatic rings. The molecular weight excluding hydrogens is 799 g/mol. The van der Waals surface area contributed by atoms with Gasteiger partial charge in [-0.15, -0.1) is 0 Å². The minimum atomic E-state index is -0.117. The summed E-state index contributed by atoms with van der Waals surface area (Å²) in [5, 5.41) is 5.07. The fraction of sp³-hybridized carbons (Fsp3) is 0.111. The number of allylic oxidation sites excluding steroid dienone is 2. The summed E-state index contributed by atoms with van der Waals surface area (Å²) in [4.78, 5) is 5.06. The number of anilines is 5. The first-order valence-corrected chi connectivity index (χ1v) is 23.5. The third-order valence-corrected chi connectivity index (χ3v) is 14.9. The van der Waals surface area contributed by atoms with Crippen LogP contribution < -0.4 is 9.80 Å². The molecule has 9 aromatic carbocycles. The van der Waals surface area contributed by atoms with E-state index in [1.54, 1.807) is 0 Å². The lowest BCUT2D eigenvalue weighted by molar-refractivity contribution is 0.535. The molecule has 0 radical (unpaired) electrons. The van der Waals surface area contributed by atoms with Crippen LogP contribution in [-0.2, 0) is 11.8 Å². The number of benzene rings is 9. The van der Waals surface area contributed by atoms with Gasteiger partial charge in [-0.05, 0) is 136 Å². The Hall–Kier alpha value is -7.88. The normalized spacial score (nSPS) is 16.8. The average Bonchev–Trinajstić information content (AvgIpc) is 3.76. The highest BCUT2D eigenvalue weighted by molar-refractivity contribution is 6.22. The Kier molecular flexibility index (Phi) is 8.83. The maximum atomic E-state index is 2.58. The Morgan fingerprint density at radius 1 is 0.530 bits per heavy atom. The van der Waals surface area contributed by atoms with Crippen molar-refractivity contribution < 1.29 is 0 Å². The van der Waals surface area contributed by atoms with E-state index in [9.17, 15) is 0 Å². The summed E-state index contributed by atoms with van der Waals surface area (Å²) in [6.45, 7) is 4.74. The summed E-state index contributed by atoms with van der Waals surface area (Å²) >= 11 is 0. The molecule has 0 amide bonds. The van der Waals surface area contributed by atoms with Crippen LogP contribution in [0.2, 0.25) is 0 Å². The number of para-hydroxylation sites is 2. The number of aromatic nitrogens is 1. The van der Waals surface area contributed by atoms with Gasteiger partial charge in [-0.2, -0.15) is 0 Å². The van der Waals surface area contributed by atoms with Crippen molar-refractivity contribution in [3.63, 3.8) is 0 Å². The molecule has 66 heavy (non-hydrogen) atoms. The lowest BCUT2D eigenvalue weighted by atomic mass is 9.82. The van der Waals surface area contributed by atoms with Crippen molar-refractivity contribution in [3.8, 4) is 27.9 Å². The molecule has 0 fully saturated rings. The zero-order chi connectivity index (χ0) is 43.9. The Morgan fingerprint density at radius 3 is 2.09 bits per heavy atom. The van der Waals surface area contributed by atoms with Crippen LogP contribution >= 0.6 is 0 Å². The summed E-state index contributed by atoms with van der Waals surface area (Å²) in [7, 11) is 0. The first-order valence-electron chi connectivity index (χ1n) is 23.5. The Bertz CT molecular complexity index is 3570. The Labute approximate surface area is 386 Å². The second-order valence-corrected chi connectivity index (χ2v) is 18.8. The SMILES string of the molecule is CC1(C)c2ccccc2-c2c(N(c3ccc(-c4ccc5c(c4)c4c6ccccc6ccc4n5-c4ccccc4)cc3)c3ccc(N4c5ccccc5CCC5C=CC=CC54)cc3)cccc21. The maximum absolute atomic E-state index is 2.58. The highest BCUT2D eigenvalue weighted by Crippen LogP contribution is 2.54. The molecule has 2 atom stereocenters. The van der Waals surface area contributed by atoms with E-state index >= 15 is 0 Å². The van der Waals surface area contributed by atoms with Gasteiger partial charge in [-0.1, -0.05) is 159 Å². The number of fused-ring (bicyclic) bond motifs is 10. The van der Waals surface area contributed by atoms with E-state index in [0.717, 1.165) is 24.2 Å². The van der Waals surface area contributed by atoms with Crippen LogP contribution in [0.1, 0.15) is 37.0 Å². The van der Waals surface area contributed by atoms with Gasteiger partial charge in [0.1, 0.15) is 0 Å². The van der Waals surface area contributed by atoms with Gasteiger partial charge in [-0.3, -0.25) is 0 Å². The molecule has 1 aliphatic heterocycles. The van der Waals surface area contributed by atoms with Crippen LogP contribution in [0.15, 0.2) is 224 Å². The second kappa shape index (κ2) is 15.1. The third-order valence-electron chi connectivity index (χ3n) is 14.9. The van der Waals surface area contributed by atoms with Crippen LogP contribution in [0.5, 0.6) is 0 Å². The first kappa shape index (κ1) is 38.6. The van der Waals surface area contributed by atoms with Crippen molar-refractivity contribution in [2.45, 2.75) is 38.1 Å². The van der Waals surface area contributed by atoms with Crippen LogP contribution in [-0.4, -0.2) is 10.6 Å². The average molecular weight is 848 g/mol. The lowest BCUT2D eigenvalue weighted by Gasteiger charge is -2.36. The van der Waals surface area contributed by atoms with Gasteiger partial charge in [0.25, 0.3) is 0 Å². The van der Waals surface area contributed by atoms with Crippen LogP contribution in [0, 0.1) is 5.92 Å². The number of rotatable bonds is 6. The van der Waals surface area contributed by atoms with Gasteiger partial charge in [0, 0.05) is 56.1 Å². The highest BCUT2D eigenvalue weighted by Gasteiger charge is 2.38. The molecule has 10 aromatic rings. The number of hydrogen-bond acceptors (Lipinski definition) is 2. The van der Waals surface area contributed by atoms with Gasteiger partial charge >= 0.3 is 0 Å². The highest BCUT2D eigenvalue weighted by atomic mass is 15.2. The monoisotopic (exact) mass is 847 g/mol. The van der Waals surface area contributed by atoms with Gasteiger partial charge < -0.3 is 14.4 Å². The number of nitrogens with zero attached hydrogens (tertiary/aromatic N) is 3. The maximum Gasteiger partial charge on any atom is 0.0588 e. The molecule has 1 aromatic heterocycles. The van der Waals surface area contributed by atoms with Gasteiger partial charge in [-0.25, -0.2) is 0 Å². The van der Waals surface area contributed by atoms with Crippen molar-refractivity contribution in [1.29, 1.82) is 0 Å². The fourth-order valence-corrected chi connectivity index (χ4v) is 11.7. The molecule has 3 heteroatoms. The van der Waals surface area contributed by atoms with E-state index in [1.165, 1.54) is 94.3 Å². The molecule has 0 saturated heterocycles. The van der Waals surface area contributed by atoms with Crippen molar-refractivity contribution in [1.82, 2.24) is 4.57 Å². The zero-order valence-electron chi connectivity index (χ0n) is 37.3. The number of aryl methyl sites for hydroxylation is 1. The summed E-state index contributed by atoms with van der Waals surface area (Å²) in [6, 6.07) is 74.8. The van der Waals surface area contributed by atoms with Crippen molar-refractivity contribution in [2.75, 3.05) is 9.80 Å². The molecule has 316 valence electrons. The van der Waals surface area contributed by atoms with E-state index in [2.05, 4.69) is 253 Å². The molecule has 0 N–H and O–H groups in total. The quantitative estimate of drug-likeness (QED) is 0.165. The van der Waals surface area contributed by atoms with Crippen molar-refractivity contribution in [3.05, 3.63) is 241 Å². The lowest BCUT2D eigenvalue weighted by Crippen LogP contribution is -2.35. The molecule has 3 nitrogen and oxygen atoms in total. The zero-order valence-corrected chi connectivity index (χ0v) is 37.3. The molecular formula is C63H49N3. The molecule has 2 unspecified atom stereocenters. The summed E-state index contributed by atoms with van der Waals surface area (Å²) in [6.07, 6.45) is 11.5. The van der Waals surface area contributed by atoms with Gasteiger partial charge in [0.15, 0.2) is 0 Å². The van der Waals surface area contributed by atoms with E-state index in [1.807, 2.05) is 0 Å². The third kappa shape index (κ3) is 5.96. The van der Waals surface area contributed by atoms with E-state index < -0.39 is 0 Å².